The van der Waals surface area contributed by atoms with Crippen molar-refractivity contribution in [3.63, 3.8) is 0 Å². The first-order valence-electron chi connectivity index (χ1n) is 9.55. The highest BCUT2D eigenvalue weighted by Crippen LogP contribution is 2.38. The number of fused-ring (bicyclic) bond motifs is 1. The molecule has 30 heavy (non-hydrogen) atoms. The molecule has 3 aromatic carbocycles. The molecule has 6 heteroatoms. The minimum absolute atomic E-state index is 0.135. The standard InChI is InChI=1S/C24H22ClN3O2/c1-27(2)22(29)16-8-7-11-18(14-16)24(30,17-9-5-4-6-10-17)23-26-20-13-12-19(25)15-21(20)28(23)3/h4-15,30H,1-3H3. The molecule has 0 aliphatic carbocycles. The van der Waals surface area contributed by atoms with Gasteiger partial charge in [0.25, 0.3) is 5.91 Å². The molecule has 4 aromatic rings. The van der Waals surface area contributed by atoms with E-state index in [0.29, 0.717) is 27.5 Å². The molecule has 0 fully saturated rings. The van der Waals surface area contributed by atoms with Crippen LogP contribution in [-0.2, 0) is 12.6 Å². The summed E-state index contributed by atoms with van der Waals surface area (Å²) in [4.78, 5) is 18.8. The Labute approximate surface area is 180 Å². The number of carbonyl (C=O) groups excluding carboxylic acids is 1. The van der Waals surface area contributed by atoms with Crippen LogP contribution in [0.5, 0.6) is 0 Å². The summed E-state index contributed by atoms with van der Waals surface area (Å²) in [6.45, 7) is 0. The van der Waals surface area contributed by atoms with Crippen LogP contribution in [0.15, 0.2) is 72.8 Å². The van der Waals surface area contributed by atoms with Gasteiger partial charge >= 0.3 is 0 Å². The van der Waals surface area contributed by atoms with Crippen molar-refractivity contribution in [3.05, 3.63) is 100 Å². The van der Waals surface area contributed by atoms with E-state index in [1.807, 2.05) is 60.1 Å². The summed E-state index contributed by atoms with van der Waals surface area (Å²) in [6.07, 6.45) is 0. The first-order chi connectivity index (χ1) is 14.3. The fourth-order valence-corrected chi connectivity index (χ4v) is 3.89. The summed E-state index contributed by atoms with van der Waals surface area (Å²) in [5.74, 6) is 0.310. The lowest BCUT2D eigenvalue weighted by Gasteiger charge is -2.29. The zero-order valence-electron chi connectivity index (χ0n) is 17.0. The molecular formula is C24H22ClN3O2. The molecule has 1 heterocycles. The zero-order valence-corrected chi connectivity index (χ0v) is 17.8. The molecule has 0 spiro atoms. The predicted molar refractivity (Wildman–Crippen MR) is 119 cm³/mol. The SMILES string of the molecule is CN(C)C(=O)c1cccc(C(O)(c2ccccc2)c2nc3ccc(Cl)cc3n2C)c1. The summed E-state index contributed by atoms with van der Waals surface area (Å²) in [5, 5.41) is 12.8. The third kappa shape index (κ3) is 3.26. The van der Waals surface area contributed by atoms with Gasteiger partial charge in [-0.25, -0.2) is 4.98 Å². The van der Waals surface area contributed by atoms with E-state index in [9.17, 15) is 9.90 Å². The highest BCUT2D eigenvalue weighted by atomic mass is 35.5. The van der Waals surface area contributed by atoms with Gasteiger partial charge in [0, 0.05) is 31.7 Å². The number of benzene rings is 3. The molecule has 1 aromatic heterocycles. The van der Waals surface area contributed by atoms with Gasteiger partial charge in [-0.3, -0.25) is 4.79 Å². The molecule has 0 saturated heterocycles. The Balaban J connectivity index is 2.00. The second-order valence-electron chi connectivity index (χ2n) is 7.48. The fourth-order valence-electron chi connectivity index (χ4n) is 3.73. The average molecular weight is 420 g/mol. The highest BCUT2D eigenvalue weighted by Gasteiger charge is 2.39. The molecule has 4 rings (SSSR count). The maximum Gasteiger partial charge on any atom is 0.253 e. The van der Waals surface area contributed by atoms with Crippen LogP contribution in [0.4, 0.5) is 0 Å². The van der Waals surface area contributed by atoms with Gasteiger partial charge in [-0.2, -0.15) is 0 Å². The number of nitrogens with zero attached hydrogens (tertiary/aromatic N) is 3. The van der Waals surface area contributed by atoms with E-state index in [4.69, 9.17) is 16.6 Å². The van der Waals surface area contributed by atoms with Gasteiger partial charge in [0.1, 0.15) is 0 Å². The number of hydrogen-bond donors (Lipinski definition) is 1. The summed E-state index contributed by atoms with van der Waals surface area (Å²) < 4.78 is 1.84. The molecule has 0 bridgehead atoms. The Morgan fingerprint density at radius 3 is 2.40 bits per heavy atom. The minimum atomic E-state index is -1.57. The van der Waals surface area contributed by atoms with Crippen molar-refractivity contribution >= 4 is 28.5 Å². The zero-order chi connectivity index (χ0) is 21.5. The maximum absolute atomic E-state index is 12.6. The third-order valence-electron chi connectivity index (χ3n) is 5.29. The molecule has 0 radical (unpaired) electrons. The van der Waals surface area contributed by atoms with Gasteiger partial charge in [0.15, 0.2) is 11.4 Å². The van der Waals surface area contributed by atoms with Crippen LogP contribution < -0.4 is 0 Å². The smallest absolute Gasteiger partial charge is 0.253 e. The molecule has 0 saturated carbocycles. The molecule has 1 amide bonds. The largest absolute Gasteiger partial charge is 0.373 e. The molecule has 0 aliphatic heterocycles. The molecule has 1 N–H and O–H groups in total. The number of halogens is 1. The van der Waals surface area contributed by atoms with Crippen molar-refractivity contribution in [1.29, 1.82) is 0 Å². The number of hydrogen-bond acceptors (Lipinski definition) is 3. The lowest BCUT2D eigenvalue weighted by molar-refractivity contribution is 0.0826. The van der Waals surface area contributed by atoms with Crippen molar-refractivity contribution < 1.29 is 9.90 Å². The summed E-state index contributed by atoms with van der Waals surface area (Å²) in [7, 11) is 5.25. The van der Waals surface area contributed by atoms with E-state index < -0.39 is 5.60 Å². The van der Waals surface area contributed by atoms with Gasteiger partial charge in [-0.05, 0) is 41.5 Å². The van der Waals surface area contributed by atoms with Crippen LogP contribution >= 0.6 is 11.6 Å². The Hall–Kier alpha value is -3.15. The van der Waals surface area contributed by atoms with Crippen LogP contribution in [0.1, 0.15) is 27.3 Å². The number of aliphatic hydroxyl groups is 1. The fraction of sp³-hybridized carbons (Fsp3) is 0.167. The number of aryl methyl sites for hydroxylation is 1. The van der Waals surface area contributed by atoms with Gasteiger partial charge in [0.05, 0.1) is 11.0 Å². The molecule has 5 nitrogen and oxygen atoms in total. The first kappa shape index (κ1) is 20.1. The van der Waals surface area contributed by atoms with Crippen LogP contribution in [0, 0.1) is 0 Å². The molecule has 1 atom stereocenters. The first-order valence-corrected chi connectivity index (χ1v) is 9.92. The summed E-state index contributed by atoms with van der Waals surface area (Å²) >= 11 is 6.19. The topological polar surface area (TPSA) is 58.4 Å². The van der Waals surface area contributed by atoms with Gasteiger partial charge in [-0.1, -0.05) is 54.1 Å². The second kappa shape index (κ2) is 7.59. The Kier molecular flexibility index (Phi) is 5.10. The predicted octanol–water partition coefficient (Wildman–Crippen LogP) is 4.21. The van der Waals surface area contributed by atoms with Crippen LogP contribution in [0.25, 0.3) is 11.0 Å². The van der Waals surface area contributed by atoms with Crippen molar-refractivity contribution in [1.82, 2.24) is 14.5 Å². The minimum Gasteiger partial charge on any atom is -0.373 e. The normalized spacial score (nSPS) is 13.2. The maximum atomic E-state index is 12.6. The number of amides is 1. The number of imidazole rings is 1. The van der Waals surface area contributed by atoms with Crippen molar-refractivity contribution in [3.8, 4) is 0 Å². The van der Waals surface area contributed by atoms with Crippen molar-refractivity contribution in [2.24, 2.45) is 7.05 Å². The second-order valence-corrected chi connectivity index (χ2v) is 7.92. The molecule has 0 aliphatic rings. The van der Waals surface area contributed by atoms with E-state index in [-0.39, 0.29) is 5.91 Å². The Bertz CT molecular complexity index is 1230. The number of carbonyl (C=O) groups is 1. The summed E-state index contributed by atoms with van der Waals surface area (Å²) in [5.41, 5.74) is 1.69. The average Bonchev–Trinajstić information content (AvgIpc) is 3.09. The van der Waals surface area contributed by atoms with Gasteiger partial charge in [0.2, 0.25) is 0 Å². The number of aromatic nitrogens is 2. The van der Waals surface area contributed by atoms with E-state index >= 15 is 0 Å². The van der Waals surface area contributed by atoms with Gasteiger partial charge in [-0.15, -0.1) is 0 Å². The Morgan fingerprint density at radius 2 is 1.70 bits per heavy atom. The highest BCUT2D eigenvalue weighted by molar-refractivity contribution is 6.31. The van der Waals surface area contributed by atoms with Crippen LogP contribution in [0.2, 0.25) is 5.02 Å². The van der Waals surface area contributed by atoms with Crippen LogP contribution in [-0.4, -0.2) is 39.6 Å². The molecule has 1 unspecified atom stereocenters. The van der Waals surface area contributed by atoms with Crippen LogP contribution in [0.3, 0.4) is 0 Å². The van der Waals surface area contributed by atoms with E-state index in [2.05, 4.69) is 0 Å². The molecular weight excluding hydrogens is 398 g/mol. The van der Waals surface area contributed by atoms with E-state index in [1.54, 1.807) is 38.4 Å². The van der Waals surface area contributed by atoms with E-state index in [0.717, 1.165) is 11.0 Å². The molecule has 152 valence electrons. The monoisotopic (exact) mass is 419 g/mol. The lowest BCUT2D eigenvalue weighted by atomic mass is 9.84. The van der Waals surface area contributed by atoms with Crippen molar-refractivity contribution in [2.45, 2.75) is 5.60 Å². The quantitative estimate of drug-likeness (QED) is 0.539. The van der Waals surface area contributed by atoms with E-state index in [1.165, 1.54) is 4.90 Å². The summed E-state index contributed by atoms with van der Waals surface area (Å²) in [6, 6.07) is 21.8. The van der Waals surface area contributed by atoms with Crippen molar-refractivity contribution in [2.75, 3.05) is 14.1 Å². The number of rotatable bonds is 4. The van der Waals surface area contributed by atoms with Gasteiger partial charge < -0.3 is 14.6 Å². The third-order valence-corrected chi connectivity index (χ3v) is 5.53. The lowest BCUT2D eigenvalue weighted by Crippen LogP contribution is -2.33. The Morgan fingerprint density at radius 1 is 1.00 bits per heavy atom.